The molecule has 0 bridgehead atoms. The molecule has 1 aliphatic carbocycles. The molecule has 1 aromatic carbocycles. The minimum absolute atomic E-state index is 0.0847. The Morgan fingerprint density at radius 2 is 1.97 bits per heavy atom. The first kappa shape index (κ1) is 20.2. The number of hydrazone groups is 1. The van der Waals surface area contributed by atoms with Crippen LogP contribution in [-0.2, 0) is 0 Å². The van der Waals surface area contributed by atoms with Crippen molar-refractivity contribution in [2.45, 2.75) is 25.5 Å². The number of ether oxygens (including phenoxy) is 1. The lowest BCUT2D eigenvalue weighted by Gasteiger charge is -2.32. The highest BCUT2D eigenvalue weighted by molar-refractivity contribution is 6.37. The molecular weight excluding hydrogens is 433 g/mol. The molecular formula is C19H15Cl2N5O4. The number of hydrogen-bond donors (Lipinski definition) is 3. The zero-order chi connectivity index (χ0) is 21.4. The van der Waals surface area contributed by atoms with E-state index < -0.39 is 17.5 Å². The van der Waals surface area contributed by atoms with Gasteiger partial charge >= 0.3 is 5.69 Å². The topological polar surface area (TPSA) is 132 Å². The van der Waals surface area contributed by atoms with Gasteiger partial charge in [0.2, 0.25) is 5.90 Å². The standard InChI is InChI=1S/C19H15Cl2N5O4/c20-13-4-11(26-8-10(7-22)17(27)23-19(26)29)5-14(21)16(13)30-15-6-12(9-2-1-3-9)18(28)25-24-15/h4-6,8-9,18,25,28H,1-3H2,(H,23,27,29). The summed E-state index contributed by atoms with van der Waals surface area (Å²) in [6.07, 6.45) is 5.00. The zero-order valence-corrected chi connectivity index (χ0v) is 16.9. The molecule has 1 fully saturated rings. The fourth-order valence-electron chi connectivity index (χ4n) is 3.22. The molecule has 0 amide bonds. The number of aromatic amines is 1. The third-order valence-corrected chi connectivity index (χ3v) is 5.57. The van der Waals surface area contributed by atoms with E-state index in [0.29, 0.717) is 0 Å². The quantitative estimate of drug-likeness (QED) is 0.659. The number of nitrogens with one attached hydrogen (secondary N) is 2. The van der Waals surface area contributed by atoms with Crippen molar-refractivity contribution < 1.29 is 9.84 Å². The Morgan fingerprint density at radius 3 is 2.57 bits per heavy atom. The van der Waals surface area contributed by atoms with Crippen molar-refractivity contribution in [1.29, 1.82) is 5.26 Å². The van der Waals surface area contributed by atoms with E-state index >= 15 is 0 Å². The average Bonchev–Trinajstić information content (AvgIpc) is 2.65. The molecule has 0 saturated heterocycles. The first-order chi connectivity index (χ1) is 14.4. The maximum Gasteiger partial charge on any atom is 0.332 e. The highest BCUT2D eigenvalue weighted by atomic mass is 35.5. The normalized spacial score (nSPS) is 18.5. The second-order valence-corrected chi connectivity index (χ2v) is 7.69. The van der Waals surface area contributed by atoms with Crippen molar-refractivity contribution in [3.8, 4) is 17.5 Å². The number of benzene rings is 1. The van der Waals surface area contributed by atoms with Crippen LogP contribution in [0.5, 0.6) is 5.75 Å². The summed E-state index contributed by atoms with van der Waals surface area (Å²) in [6, 6.07) is 4.53. The lowest BCUT2D eigenvalue weighted by molar-refractivity contribution is 0.145. The summed E-state index contributed by atoms with van der Waals surface area (Å²) in [6.45, 7) is 0. The minimum Gasteiger partial charge on any atom is -0.434 e. The zero-order valence-electron chi connectivity index (χ0n) is 15.4. The minimum atomic E-state index is -0.864. The summed E-state index contributed by atoms with van der Waals surface area (Å²) in [5.74, 6) is 0.573. The van der Waals surface area contributed by atoms with Crippen molar-refractivity contribution in [3.05, 3.63) is 66.4 Å². The molecule has 1 aliphatic heterocycles. The molecule has 1 unspecified atom stereocenters. The first-order valence-corrected chi connectivity index (χ1v) is 9.79. The number of aliphatic hydroxyl groups is 1. The lowest BCUT2D eigenvalue weighted by atomic mass is 9.78. The number of aliphatic hydroxyl groups excluding tert-OH is 1. The molecule has 2 heterocycles. The van der Waals surface area contributed by atoms with Gasteiger partial charge in [0.15, 0.2) is 12.0 Å². The second kappa shape index (κ2) is 7.99. The molecule has 1 atom stereocenters. The number of nitriles is 1. The van der Waals surface area contributed by atoms with Gasteiger partial charge in [0.25, 0.3) is 5.56 Å². The van der Waals surface area contributed by atoms with Crippen LogP contribution in [0.15, 0.2) is 44.7 Å². The van der Waals surface area contributed by atoms with E-state index in [4.69, 9.17) is 33.2 Å². The van der Waals surface area contributed by atoms with Crippen LogP contribution in [-0.4, -0.2) is 26.8 Å². The summed E-state index contributed by atoms with van der Waals surface area (Å²) in [5, 5.41) is 23.2. The van der Waals surface area contributed by atoms with Crippen molar-refractivity contribution in [1.82, 2.24) is 15.0 Å². The number of hydrogen-bond acceptors (Lipinski definition) is 7. The van der Waals surface area contributed by atoms with Gasteiger partial charge in [0, 0.05) is 12.3 Å². The van der Waals surface area contributed by atoms with Gasteiger partial charge in [-0.05, 0) is 36.5 Å². The van der Waals surface area contributed by atoms with Crippen molar-refractivity contribution in [2.24, 2.45) is 11.0 Å². The molecule has 0 spiro atoms. The highest BCUT2D eigenvalue weighted by Gasteiger charge is 2.29. The van der Waals surface area contributed by atoms with Gasteiger partial charge in [-0.2, -0.15) is 5.26 Å². The molecule has 1 saturated carbocycles. The number of nitrogens with zero attached hydrogens (tertiary/aromatic N) is 3. The van der Waals surface area contributed by atoms with Crippen LogP contribution in [0.4, 0.5) is 0 Å². The Hall–Kier alpha value is -3.06. The molecule has 154 valence electrons. The summed E-state index contributed by atoms with van der Waals surface area (Å²) in [4.78, 5) is 25.8. The Morgan fingerprint density at radius 1 is 1.27 bits per heavy atom. The fraction of sp³-hybridized carbons (Fsp3) is 0.263. The van der Waals surface area contributed by atoms with Crippen molar-refractivity contribution >= 4 is 29.1 Å². The Kier molecular flexibility index (Phi) is 5.39. The predicted molar refractivity (Wildman–Crippen MR) is 110 cm³/mol. The Balaban J connectivity index is 1.66. The van der Waals surface area contributed by atoms with Gasteiger partial charge in [-0.25, -0.2) is 4.79 Å². The van der Waals surface area contributed by atoms with Crippen LogP contribution >= 0.6 is 23.2 Å². The van der Waals surface area contributed by atoms with Crippen LogP contribution < -0.4 is 21.4 Å². The largest absolute Gasteiger partial charge is 0.434 e. The van der Waals surface area contributed by atoms with Crippen molar-refractivity contribution in [2.75, 3.05) is 0 Å². The molecule has 1 aromatic heterocycles. The summed E-state index contributed by atoms with van der Waals surface area (Å²) >= 11 is 12.6. The monoisotopic (exact) mass is 447 g/mol. The van der Waals surface area contributed by atoms with Gasteiger partial charge in [-0.1, -0.05) is 29.6 Å². The smallest absolute Gasteiger partial charge is 0.332 e. The number of aromatic nitrogens is 2. The van der Waals surface area contributed by atoms with Gasteiger partial charge < -0.3 is 9.84 Å². The highest BCUT2D eigenvalue weighted by Crippen LogP contribution is 2.37. The second-order valence-electron chi connectivity index (χ2n) is 6.88. The van der Waals surface area contributed by atoms with Gasteiger partial charge in [0.05, 0.1) is 15.7 Å². The van der Waals surface area contributed by atoms with Crippen LogP contribution in [0.25, 0.3) is 5.69 Å². The molecule has 2 aliphatic rings. The summed E-state index contributed by atoms with van der Waals surface area (Å²) in [5.41, 5.74) is 1.87. The molecule has 11 heteroatoms. The molecule has 30 heavy (non-hydrogen) atoms. The van der Waals surface area contributed by atoms with E-state index in [9.17, 15) is 14.7 Å². The predicted octanol–water partition coefficient (Wildman–Crippen LogP) is 2.04. The molecule has 4 rings (SSSR count). The van der Waals surface area contributed by atoms with E-state index in [1.54, 1.807) is 12.1 Å². The molecule has 9 nitrogen and oxygen atoms in total. The molecule has 2 aromatic rings. The number of H-pyrrole nitrogens is 1. The average molecular weight is 448 g/mol. The van der Waals surface area contributed by atoms with Gasteiger partial charge in [-0.3, -0.25) is 19.8 Å². The van der Waals surface area contributed by atoms with Crippen LogP contribution in [0.3, 0.4) is 0 Å². The van der Waals surface area contributed by atoms with Crippen molar-refractivity contribution in [3.63, 3.8) is 0 Å². The van der Waals surface area contributed by atoms with E-state index in [0.717, 1.165) is 35.6 Å². The Bertz CT molecular complexity index is 1210. The van der Waals surface area contributed by atoms with Crippen LogP contribution in [0.1, 0.15) is 24.8 Å². The summed E-state index contributed by atoms with van der Waals surface area (Å²) < 4.78 is 6.79. The Labute approximate surface area is 179 Å². The number of rotatable bonds is 3. The van der Waals surface area contributed by atoms with E-state index in [2.05, 4.69) is 15.5 Å². The van der Waals surface area contributed by atoms with Crippen LogP contribution in [0, 0.1) is 17.2 Å². The lowest BCUT2D eigenvalue weighted by Crippen LogP contribution is -2.37. The SMILES string of the molecule is N#Cc1cn(-c2cc(Cl)c(OC3=NNC(O)C(C4CCC4)=C3)c(Cl)c2)c(=O)[nH]c1=O. The van der Waals surface area contributed by atoms with E-state index in [1.807, 2.05) is 0 Å². The summed E-state index contributed by atoms with van der Waals surface area (Å²) in [7, 11) is 0. The fourth-order valence-corrected chi connectivity index (χ4v) is 3.77. The van der Waals surface area contributed by atoms with Crippen LogP contribution in [0.2, 0.25) is 10.0 Å². The third kappa shape index (κ3) is 3.73. The van der Waals surface area contributed by atoms with Gasteiger partial charge in [-0.15, -0.1) is 5.10 Å². The maximum absolute atomic E-state index is 12.1. The number of halogens is 2. The first-order valence-electron chi connectivity index (χ1n) is 9.03. The van der Waals surface area contributed by atoms with Gasteiger partial charge in [0.1, 0.15) is 11.6 Å². The maximum atomic E-state index is 12.1. The van der Waals surface area contributed by atoms with E-state index in [1.165, 1.54) is 12.1 Å². The molecule has 3 N–H and O–H groups in total. The molecule has 0 radical (unpaired) electrons. The van der Waals surface area contributed by atoms with E-state index in [-0.39, 0.29) is 38.9 Å². The third-order valence-electron chi connectivity index (χ3n) is 5.01.